The smallest absolute Gasteiger partial charge is 0.290 e. The lowest BCUT2D eigenvalue weighted by Crippen LogP contribution is -2.29. The molecule has 1 aromatic rings. The van der Waals surface area contributed by atoms with Gasteiger partial charge in [0, 0.05) is 19.2 Å². The average Bonchev–Trinajstić information content (AvgIpc) is 2.33. The first-order valence-corrected chi connectivity index (χ1v) is 6.19. The van der Waals surface area contributed by atoms with Crippen molar-refractivity contribution < 1.29 is 4.92 Å². The summed E-state index contributed by atoms with van der Waals surface area (Å²) in [6.07, 6.45) is 0.407. The standard InChI is InChI=1S/C13H18N4O2/c1-10(2)9-16(8-4-7-14)13-6-5-12(17(18)19)11(3)15-13/h5-6,10H,4,8-9H2,1-3H3. The van der Waals surface area contributed by atoms with Crippen LogP contribution in [0.2, 0.25) is 0 Å². The molecule has 0 saturated heterocycles. The van der Waals surface area contributed by atoms with Gasteiger partial charge in [-0.15, -0.1) is 0 Å². The molecule has 102 valence electrons. The second kappa shape index (κ2) is 6.69. The van der Waals surface area contributed by atoms with E-state index >= 15 is 0 Å². The number of pyridine rings is 1. The molecule has 1 aromatic heterocycles. The van der Waals surface area contributed by atoms with Gasteiger partial charge in [0.25, 0.3) is 5.69 Å². The van der Waals surface area contributed by atoms with E-state index in [4.69, 9.17) is 5.26 Å². The van der Waals surface area contributed by atoms with Crippen molar-refractivity contribution in [3.63, 3.8) is 0 Å². The van der Waals surface area contributed by atoms with E-state index in [0.29, 0.717) is 30.4 Å². The Morgan fingerprint density at radius 1 is 1.53 bits per heavy atom. The number of rotatable bonds is 6. The molecule has 0 unspecified atom stereocenters. The highest BCUT2D eigenvalue weighted by atomic mass is 16.6. The van der Waals surface area contributed by atoms with Crippen LogP contribution < -0.4 is 4.90 Å². The lowest BCUT2D eigenvalue weighted by Gasteiger charge is -2.24. The highest BCUT2D eigenvalue weighted by Gasteiger charge is 2.15. The van der Waals surface area contributed by atoms with Crippen LogP contribution >= 0.6 is 0 Å². The zero-order chi connectivity index (χ0) is 14.4. The SMILES string of the molecule is Cc1nc(N(CCC#N)CC(C)C)ccc1[N+](=O)[O-]. The van der Waals surface area contributed by atoms with Gasteiger partial charge in [-0.25, -0.2) is 4.98 Å². The van der Waals surface area contributed by atoms with Crippen molar-refractivity contribution in [3.05, 3.63) is 27.9 Å². The molecule has 0 spiro atoms. The third kappa shape index (κ3) is 4.21. The predicted molar refractivity (Wildman–Crippen MR) is 72.9 cm³/mol. The number of hydrogen-bond donors (Lipinski definition) is 0. The molecule has 0 N–H and O–H groups in total. The zero-order valence-electron chi connectivity index (χ0n) is 11.5. The Labute approximate surface area is 112 Å². The molecule has 1 rings (SSSR count). The Balaban J connectivity index is 2.99. The molecule has 0 bridgehead atoms. The van der Waals surface area contributed by atoms with Gasteiger partial charge in [0.05, 0.1) is 17.4 Å². The van der Waals surface area contributed by atoms with Crippen LogP contribution in [0.1, 0.15) is 26.0 Å². The van der Waals surface area contributed by atoms with Crippen LogP contribution in [0.15, 0.2) is 12.1 Å². The van der Waals surface area contributed by atoms with E-state index in [0.717, 1.165) is 6.54 Å². The van der Waals surface area contributed by atoms with Crippen LogP contribution in [-0.2, 0) is 0 Å². The lowest BCUT2D eigenvalue weighted by atomic mass is 10.2. The second-order valence-corrected chi connectivity index (χ2v) is 4.78. The monoisotopic (exact) mass is 262 g/mol. The van der Waals surface area contributed by atoms with Crippen LogP contribution in [0.4, 0.5) is 11.5 Å². The molecular formula is C13H18N4O2. The summed E-state index contributed by atoms with van der Waals surface area (Å²) in [5.41, 5.74) is 0.418. The maximum atomic E-state index is 10.8. The highest BCUT2D eigenvalue weighted by Crippen LogP contribution is 2.21. The largest absolute Gasteiger partial charge is 0.355 e. The highest BCUT2D eigenvalue weighted by molar-refractivity contribution is 5.46. The van der Waals surface area contributed by atoms with E-state index in [-0.39, 0.29) is 5.69 Å². The Morgan fingerprint density at radius 2 is 2.21 bits per heavy atom. The maximum Gasteiger partial charge on any atom is 0.290 e. The van der Waals surface area contributed by atoms with Crippen LogP contribution in [0.25, 0.3) is 0 Å². The number of aromatic nitrogens is 1. The van der Waals surface area contributed by atoms with E-state index in [9.17, 15) is 10.1 Å². The predicted octanol–water partition coefficient (Wildman–Crippen LogP) is 2.67. The molecule has 1 heterocycles. The molecule has 0 fully saturated rings. The van der Waals surface area contributed by atoms with Gasteiger partial charge in [-0.1, -0.05) is 13.8 Å². The van der Waals surface area contributed by atoms with Crippen molar-refractivity contribution in [1.29, 1.82) is 5.26 Å². The number of nitro groups is 1. The molecule has 0 aliphatic heterocycles. The van der Waals surface area contributed by atoms with Crippen LogP contribution in [0.3, 0.4) is 0 Å². The number of anilines is 1. The zero-order valence-corrected chi connectivity index (χ0v) is 11.5. The fourth-order valence-electron chi connectivity index (χ4n) is 1.83. The van der Waals surface area contributed by atoms with Gasteiger partial charge in [-0.2, -0.15) is 5.26 Å². The normalized spacial score (nSPS) is 10.3. The first-order valence-electron chi connectivity index (χ1n) is 6.19. The second-order valence-electron chi connectivity index (χ2n) is 4.78. The summed E-state index contributed by atoms with van der Waals surface area (Å²) < 4.78 is 0. The molecule has 0 aliphatic carbocycles. The minimum Gasteiger partial charge on any atom is -0.355 e. The van der Waals surface area contributed by atoms with Gasteiger partial charge in [-0.05, 0) is 18.9 Å². The van der Waals surface area contributed by atoms with E-state index < -0.39 is 4.92 Å². The van der Waals surface area contributed by atoms with Crippen molar-refractivity contribution in [1.82, 2.24) is 4.98 Å². The molecule has 0 radical (unpaired) electrons. The summed E-state index contributed by atoms with van der Waals surface area (Å²) >= 11 is 0. The van der Waals surface area contributed by atoms with Gasteiger partial charge in [0.1, 0.15) is 11.5 Å². The summed E-state index contributed by atoms with van der Waals surface area (Å²) in [5.74, 6) is 1.11. The average molecular weight is 262 g/mol. The Morgan fingerprint density at radius 3 is 2.68 bits per heavy atom. The van der Waals surface area contributed by atoms with E-state index in [1.165, 1.54) is 6.07 Å². The Bertz CT molecular complexity index is 494. The molecule has 6 heteroatoms. The van der Waals surface area contributed by atoms with Crippen LogP contribution in [0, 0.1) is 34.3 Å². The quantitative estimate of drug-likeness (QED) is 0.581. The molecule has 0 aromatic carbocycles. The molecule has 0 aliphatic rings. The van der Waals surface area contributed by atoms with Gasteiger partial charge >= 0.3 is 0 Å². The summed E-state index contributed by atoms with van der Waals surface area (Å²) in [6, 6.07) is 5.22. The van der Waals surface area contributed by atoms with E-state index in [2.05, 4.69) is 24.9 Å². The molecule has 0 atom stereocenters. The van der Waals surface area contributed by atoms with Crippen molar-refractivity contribution in [2.45, 2.75) is 27.2 Å². The number of hydrogen-bond acceptors (Lipinski definition) is 5. The molecule has 0 amide bonds. The van der Waals surface area contributed by atoms with E-state index in [1.807, 2.05) is 4.90 Å². The number of aryl methyl sites for hydroxylation is 1. The van der Waals surface area contributed by atoms with E-state index in [1.54, 1.807) is 13.0 Å². The van der Waals surface area contributed by atoms with Gasteiger partial charge in [0.2, 0.25) is 0 Å². The van der Waals surface area contributed by atoms with Crippen molar-refractivity contribution in [2.24, 2.45) is 5.92 Å². The minimum absolute atomic E-state index is 0.0218. The molecule has 19 heavy (non-hydrogen) atoms. The number of nitrogens with zero attached hydrogens (tertiary/aromatic N) is 4. The number of nitriles is 1. The molecule has 6 nitrogen and oxygen atoms in total. The first-order chi connectivity index (χ1) is 8.95. The van der Waals surface area contributed by atoms with Gasteiger partial charge in [0.15, 0.2) is 0 Å². The molecular weight excluding hydrogens is 244 g/mol. The summed E-state index contributed by atoms with van der Waals surface area (Å²) in [6.45, 7) is 7.14. The van der Waals surface area contributed by atoms with Crippen molar-refractivity contribution >= 4 is 11.5 Å². The Kier molecular flexibility index (Phi) is 5.24. The van der Waals surface area contributed by atoms with Gasteiger partial charge in [-0.3, -0.25) is 10.1 Å². The lowest BCUT2D eigenvalue weighted by molar-refractivity contribution is -0.385. The summed E-state index contributed by atoms with van der Waals surface area (Å²) in [4.78, 5) is 16.6. The topological polar surface area (TPSA) is 83.1 Å². The third-order valence-electron chi connectivity index (χ3n) is 2.64. The summed E-state index contributed by atoms with van der Waals surface area (Å²) in [7, 11) is 0. The third-order valence-corrected chi connectivity index (χ3v) is 2.64. The van der Waals surface area contributed by atoms with Crippen molar-refractivity contribution in [2.75, 3.05) is 18.0 Å². The fraction of sp³-hybridized carbons (Fsp3) is 0.538. The van der Waals surface area contributed by atoms with Crippen molar-refractivity contribution in [3.8, 4) is 6.07 Å². The minimum atomic E-state index is -0.436. The first kappa shape index (κ1) is 14.9. The fourth-order valence-corrected chi connectivity index (χ4v) is 1.83. The van der Waals surface area contributed by atoms with Crippen LogP contribution in [0.5, 0.6) is 0 Å². The maximum absolute atomic E-state index is 10.8. The van der Waals surface area contributed by atoms with Crippen LogP contribution in [-0.4, -0.2) is 23.0 Å². The summed E-state index contributed by atoms with van der Waals surface area (Å²) in [5, 5.41) is 19.4. The van der Waals surface area contributed by atoms with Gasteiger partial charge < -0.3 is 4.90 Å². The molecule has 0 saturated carbocycles. The Hall–Kier alpha value is -2.16.